The fraction of sp³-hybridized carbons (Fsp3) is 0.167. The quantitative estimate of drug-likeness (QED) is 0.448. The molecule has 0 aliphatic heterocycles. The van der Waals surface area contributed by atoms with E-state index in [0.717, 1.165) is 11.1 Å². The SMILES string of the molecule is CC(C)c1ccc(C(=O)NC(=S)Nc2ccc(S(=O)(=O)NCc3ccccc3)cc2)cc1. The number of hydrogen-bond donors (Lipinski definition) is 3. The van der Waals surface area contributed by atoms with Gasteiger partial charge in [-0.25, -0.2) is 13.1 Å². The molecule has 0 saturated heterocycles. The molecule has 6 nitrogen and oxygen atoms in total. The third-order valence-corrected chi connectivity index (χ3v) is 6.42. The van der Waals surface area contributed by atoms with Crippen LogP contribution in [0.15, 0.2) is 83.8 Å². The zero-order valence-electron chi connectivity index (χ0n) is 17.8. The number of amides is 1. The summed E-state index contributed by atoms with van der Waals surface area (Å²) in [5, 5.41) is 5.65. The predicted molar refractivity (Wildman–Crippen MR) is 131 cm³/mol. The summed E-state index contributed by atoms with van der Waals surface area (Å²) in [6.45, 7) is 4.38. The molecular formula is C24H25N3O3S2. The molecule has 0 fully saturated rings. The van der Waals surface area contributed by atoms with Crippen LogP contribution in [0.25, 0.3) is 0 Å². The maximum atomic E-state index is 12.5. The minimum atomic E-state index is -3.65. The van der Waals surface area contributed by atoms with Crippen molar-refractivity contribution in [2.75, 3.05) is 5.32 Å². The summed E-state index contributed by atoms with van der Waals surface area (Å²) < 4.78 is 27.6. The van der Waals surface area contributed by atoms with E-state index >= 15 is 0 Å². The standard InChI is InChI=1S/C24H25N3O3S2/c1-17(2)19-8-10-20(11-9-19)23(28)27-24(31)26-21-12-14-22(15-13-21)32(29,30)25-16-18-6-4-3-5-7-18/h3-15,17,25H,16H2,1-2H3,(H2,26,27,28,31). The normalized spacial score (nSPS) is 11.2. The maximum Gasteiger partial charge on any atom is 0.257 e. The average Bonchev–Trinajstić information content (AvgIpc) is 2.79. The van der Waals surface area contributed by atoms with Crippen molar-refractivity contribution in [3.63, 3.8) is 0 Å². The molecule has 0 radical (unpaired) electrons. The second-order valence-electron chi connectivity index (χ2n) is 7.52. The Labute approximate surface area is 194 Å². The Balaban J connectivity index is 1.56. The molecule has 1 amide bonds. The Kier molecular flexibility index (Phi) is 7.74. The largest absolute Gasteiger partial charge is 0.332 e. The van der Waals surface area contributed by atoms with Crippen molar-refractivity contribution in [3.8, 4) is 0 Å². The van der Waals surface area contributed by atoms with Crippen LogP contribution in [0.1, 0.15) is 41.3 Å². The van der Waals surface area contributed by atoms with E-state index in [9.17, 15) is 13.2 Å². The number of thiocarbonyl (C=S) groups is 1. The topological polar surface area (TPSA) is 87.3 Å². The molecule has 3 N–H and O–H groups in total. The zero-order valence-corrected chi connectivity index (χ0v) is 19.5. The van der Waals surface area contributed by atoms with Crippen LogP contribution in [0, 0.1) is 0 Å². The molecule has 0 spiro atoms. The molecule has 0 atom stereocenters. The molecule has 0 aromatic heterocycles. The Morgan fingerprint density at radius 2 is 1.53 bits per heavy atom. The second-order valence-corrected chi connectivity index (χ2v) is 9.69. The Bertz CT molecular complexity index is 1180. The fourth-order valence-corrected chi connectivity index (χ4v) is 4.16. The maximum absolute atomic E-state index is 12.5. The van der Waals surface area contributed by atoms with Crippen molar-refractivity contribution in [2.24, 2.45) is 0 Å². The molecule has 0 aliphatic carbocycles. The average molecular weight is 468 g/mol. The van der Waals surface area contributed by atoms with Gasteiger partial charge >= 0.3 is 0 Å². The minimum absolute atomic E-state index is 0.126. The Hall–Kier alpha value is -3.07. The van der Waals surface area contributed by atoms with Gasteiger partial charge in [-0.1, -0.05) is 56.3 Å². The molecule has 3 aromatic rings. The van der Waals surface area contributed by atoms with Gasteiger partial charge in [-0.2, -0.15) is 0 Å². The van der Waals surface area contributed by atoms with Crippen molar-refractivity contribution in [1.29, 1.82) is 0 Å². The first kappa shape index (κ1) is 23.6. The van der Waals surface area contributed by atoms with Crippen LogP contribution < -0.4 is 15.4 Å². The van der Waals surface area contributed by atoms with Crippen molar-refractivity contribution in [3.05, 3.63) is 95.6 Å². The van der Waals surface area contributed by atoms with Gasteiger partial charge in [-0.05, 0) is 65.7 Å². The molecule has 8 heteroatoms. The number of benzene rings is 3. The number of carbonyl (C=O) groups excluding carboxylic acids is 1. The van der Waals surface area contributed by atoms with E-state index in [1.807, 2.05) is 42.5 Å². The minimum Gasteiger partial charge on any atom is -0.332 e. The highest BCUT2D eigenvalue weighted by molar-refractivity contribution is 7.89. The lowest BCUT2D eigenvalue weighted by Crippen LogP contribution is -2.34. The molecule has 0 heterocycles. The number of rotatable bonds is 7. The summed E-state index contributed by atoms with van der Waals surface area (Å²) in [6, 6.07) is 22.8. The van der Waals surface area contributed by atoms with E-state index in [1.54, 1.807) is 24.3 Å². The Morgan fingerprint density at radius 1 is 0.906 bits per heavy atom. The van der Waals surface area contributed by atoms with E-state index in [-0.39, 0.29) is 22.5 Å². The van der Waals surface area contributed by atoms with Gasteiger partial charge in [0, 0.05) is 17.8 Å². The van der Waals surface area contributed by atoms with Crippen LogP contribution >= 0.6 is 12.2 Å². The van der Waals surface area contributed by atoms with Crippen LogP contribution in [0.5, 0.6) is 0 Å². The van der Waals surface area contributed by atoms with Crippen LogP contribution in [0.2, 0.25) is 0 Å². The molecule has 0 bridgehead atoms. The van der Waals surface area contributed by atoms with Crippen molar-refractivity contribution in [2.45, 2.75) is 31.2 Å². The van der Waals surface area contributed by atoms with Crippen molar-refractivity contribution < 1.29 is 13.2 Å². The highest BCUT2D eigenvalue weighted by atomic mass is 32.2. The third-order valence-electron chi connectivity index (χ3n) is 4.80. The number of sulfonamides is 1. The van der Waals surface area contributed by atoms with Gasteiger partial charge in [0.1, 0.15) is 0 Å². The summed E-state index contributed by atoms with van der Waals surface area (Å²) in [7, 11) is -3.65. The van der Waals surface area contributed by atoms with Crippen LogP contribution in [-0.4, -0.2) is 19.4 Å². The number of nitrogens with one attached hydrogen (secondary N) is 3. The van der Waals surface area contributed by atoms with Gasteiger partial charge in [-0.15, -0.1) is 0 Å². The van der Waals surface area contributed by atoms with Gasteiger partial charge in [-0.3, -0.25) is 10.1 Å². The second kappa shape index (κ2) is 10.5. The third kappa shape index (κ3) is 6.46. The van der Waals surface area contributed by atoms with Gasteiger partial charge in [0.2, 0.25) is 10.0 Å². The molecule has 3 aromatic carbocycles. The smallest absolute Gasteiger partial charge is 0.257 e. The summed E-state index contributed by atoms with van der Waals surface area (Å²) in [4.78, 5) is 12.5. The lowest BCUT2D eigenvalue weighted by atomic mass is 10.0. The molecule has 166 valence electrons. The van der Waals surface area contributed by atoms with E-state index in [2.05, 4.69) is 29.2 Å². The molecule has 0 unspecified atom stereocenters. The van der Waals surface area contributed by atoms with Crippen molar-refractivity contribution >= 4 is 38.9 Å². The van der Waals surface area contributed by atoms with Gasteiger partial charge < -0.3 is 5.32 Å². The summed E-state index contributed by atoms with van der Waals surface area (Å²) in [5.74, 6) is 0.0669. The lowest BCUT2D eigenvalue weighted by Gasteiger charge is -2.11. The van der Waals surface area contributed by atoms with E-state index < -0.39 is 10.0 Å². The zero-order chi connectivity index (χ0) is 23.1. The summed E-state index contributed by atoms with van der Waals surface area (Å²) in [5.41, 5.74) is 3.08. The fourth-order valence-electron chi connectivity index (χ4n) is 2.93. The molecule has 0 aliphatic rings. The summed E-state index contributed by atoms with van der Waals surface area (Å²) >= 11 is 5.21. The van der Waals surface area contributed by atoms with Gasteiger partial charge in [0.25, 0.3) is 5.91 Å². The van der Waals surface area contributed by atoms with Crippen molar-refractivity contribution in [1.82, 2.24) is 10.0 Å². The molecule has 32 heavy (non-hydrogen) atoms. The van der Waals surface area contributed by atoms with Crippen LogP contribution in [0.4, 0.5) is 5.69 Å². The van der Waals surface area contributed by atoms with E-state index in [4.69, 9.17) is 12.2 Å². The Morgan fingerprint density at radius 3 is 2.12 bits per heavy atom. The van der Waals surface area contributed by atoms with Gasteiger partial charge in [0.15, 0.2) is 5.11 Å². The molecule has 3 rings (SSSR count). The number of hydrogen-bond acceptors (Lipinski definition) is 4. The van der Waals surface area contributed by atoms with E-state index in [0.29, 0.717) is 17.2 Å². The first-order valence-electron chi connectivity index (χ1n) is 10.1. The first-order chi connectivity index (χ1) is 15.2. The number of anilines is 1. The first-order valence-corrected chi connectivity index (χ1v) is 12.0. The van der Waals surface area contributed by atoms with Crippen LogP contribution in [0.3, 0.4) is 0 Å². The molecule has 0 saturated carbocycles. The highest BCUT2D eigenvalue weighted by Gasteiger charge is 2.14. The van der Waals surface area contributed by atoms with Crippen LogP contribution in [-0.2, 0) is 16.6 Å². The lowest BCUT2D eigenvalue weighted by molar-refractivity contribution is 0.0977. The highest BCUT2D eigenvalue weighted by Crippen LogP contribution is 2.16. The van der Waals surface area contributed by atoms with Gasteiger partial charge in [0.05, 0.1) is 4.90 Å². The molecular weight excluding hydrogens is 442 g/mol. The van der Waals surface area contributed by atoms with E-state index in [1.165, 1.54) is 12.1 Å². The predicted octanol–water partition coefficient (Wildman–Crippen LogP) is 4.42. The number of carbonyl (C=O) groups is 1. The monoisotopic (exact) mass is 467 g/mol. The summed E-state index contributed by atoms with van der Waals surface area (Å²) in [6.07, 6.45) is 0.